The molecule has 0 spiro atoms. The smallest absolute Gasteiger partial charge is 0.228 e. The van der Waals surface area contributed by atoms with Crippen molar-refractivity contribution < 1.29 is 9.21 Å². The van der Waals surface area contributed by atoms with E-state index in [9.17, 15) is 4.79 Å². The van der Waals surface area contributed by atoms with Crippen LogP contribution in [0, 0.1) is 0 Å². The summed E-state index contributed by atoms with van der Waals surface area (Å²) in [6, 6.07) is 7.20. The van der Waals surface area contributed by atoms with E-state index in [0.717, 1.165) is 5.56 Å². The maximum atomic E-state index is 11.8. The van der Waals surface area contributed by atoms with Gasteiger partial charge in [0.05, 0.1) is 19.2 Å². The van der Waals surface area contributed by atoms with Gasteiger partial charge in [0.2, 0.25) is 5.91 Å². The van der Waals surface area contributed by atoms with Gasteiger partial charge >= 0.3 is 0 Å². The van der Waals surface area contributed by atoms with Crippen molar-refractivity contribution in [1.29, 1.82) is 0 Å². The van der Waals surface area contributed by atoms with Gasteiger partial charge in [-0.2, -0.15) is 5.10 Å². The zero-order valence-corrected chi connectivity index (χ0v) is 11.1. The standard InChI is InChI=1S/C14H13N5O2/c20-13(16-9-11-2-1-7-21-11)8-12-17-14(19-18-12)10-3-5-15-6-4-10/h1-7H,8-9H2,(H,16,20)(H,17,18,19). The van der Waals surface area contributed by atoms with Gasteiger partial charge in [-0.15, -0.1) is 0 Å². The van der Waals surface area contributed by atoms with Gasteiger partial charge in [0.1, 0.15) is 11.6 Å². The molecule has 0 radical (unpaired) electrons. The van der Waals surface area contributed by atoms with Crippen LogP contribution in [0.2, 0.25) is 0 Å². The Bertz CT molecular complexity index is 706. The Morgan fingerprint density at radius 1 is 1.29 bits per heavy atom. The topological polar surface area (TPSA) is 96.7 Å². The number of H-pyrrole nitrogens is 1. The van der Waals surface area contributed by atoms with Gasteiger partial charge in [-0.25, -0.2) is 4.98 Å². The van der Waals surface area contributed by atoms with E-state index in [1.54, 1.807) is 30.8 Å². The minimum Gasteiger partial charge on any atom is -0.467 e. The highest BCUT2D eigenvalue weighted by atomic mass is 16.3. The third-order valence-corrected chi connectivity index (χ3v) is 2.84. The molecule has 0 saturated heterocycles. The molecule has 0 bridgehead atoms. The number of amides is 1. The van der Waals surface area contributed by atoms with Crippen molar-refractivity contribution in [2.45, 2.75) is 13.0 Å². The van der Waals surface area contributed by atoms with Crippen molar-refractivity contribution in [1.82, 2.24) is 25.5 Å². The summed E-state index contributed by atoms with van der Waals surface area (Å²) in [5.74, 6) is 1.62. The molecule has 0 saturated carbocycles. The fraction of sp³-hybridized carbons (Fsp3) is 0.143. The summed E-state index contributed by atoms with van der Waals surface area (Å²) in [7, 11) is 0. The second-order valence-electron chi connectivity index (χ2n) is 4.37. The Morgan fingerprint density at radius 2 is 2.14 bits per heavy atom. The van der Waals surface area contributed by atoms with Gasteiger partial charge in [-0.3, -0.25) is 14.9 Å². The summed E-state index contributed by atoms with van der Waals surface area (Å²) in [6.45, 7) is 0.358. The molecule has 0 aliphatic heterocycles. The molecule has 0 aliphatic carbocycles. The van der Waals surface area contributed by atoms with E-state index in [0.29, 0.717) is 24.0 Å². The SMILES string of the molecule is O=C(Cc1nc(-c2ccncc2)n[nH]1)NCc1ccco1. The summed E-state index contributed by atoms with van der Waals surface area (Å²) >= 11 is 0. The number of hydrogen-bond acceptors (Lipinski definition) is 5. The Labute approximate surface area is 120 Å². The first kappa shape index (κ1) is 13.0. The highest BCUT2D eigenvalue weighted by Gasteiger charge is 2.10. The average Bonchev–Trinajstić information content (AvgIpc) is 3.17. The van der Waals surface area contributed by atoms with E-state index in [-0.39, 0.29) is 12.3 Å². The maximum Gasteiger partial charge on any atom is 0.228 e. The Balaban J connectivity index is 1.58. The first-order valence-electron chi connectivity index (χ1n) is 6.42. The molecule has 3 aromatic heterocycles. The number of carbonyl (C=O) groups is 1. The van der Waals surface area contributed by atoms with E-state index in [4.69, 9.17) is 4.42 Å². The molecule has 3 aromatic rings. The van der Waals surface area contributed by atoms with Gasteiger partial charge in [-0.05, 0) is 24.3 Å². The van der Waals surface area contributed by atoms with Crippen LogP contribution in [-0.4, -0.2) is 26.1 Å². The molecule has 0 aromatic carbocycles. The fourth-order valence-corrected chi connectivity index (χ4v) is 1.82. The summed E-state index contributed by atoms with van der Waals surface area (Å²) in [6.07, 6.45) is 5.04. The van der Waals surface area contributed by atoms with E-state index in [2.05, 4.69) is 25.5 Å². The van der Waals surface area contributed by atoms with Gasteiger partial charge < -0.3 is 9.73 Å². The summed E-state index contributed by atoms with van der Waals surface area (Å²) in [5, 5.41) is 9.60. The van der Waals surface area contributed by atoms with Crippen LogP contribution < -0.4 is 5.32 Å². The molecule has 0 unspecified atom stereocenters. The molecule has 1 amide bonds. The van der Waals surface area contributed by atoms with E-state index >= 15 is 0 Å². The zero-order valence-electron chi connectivity index (χ0n) is 11.1. The van der Waals surface area contributed by atoms with Gasteiger partial charge in [0.15, 0.2) is 5.82 Å². The Kier molecular flexibility index (Phi) is 3.72. The third kappa shape index (κ3) is 3.33. The zero-order chi connectivity index (χ0) is 14.5. The normalized spacial score (nSPS) is 10.5. The van der Waals surface area contributed by atoms with Crippen molar-refractivity contribution in [3.8, 4) is 11.4 Å². The van der Waals surface area contributed by atoms with Gasteiger partial charge in [0.25, 0.3) is 0 Å². The monoisotopic (exact) mass is 283 g/mol. The van der Waals surface area contributed by atoms with Crippen molar-refractivity contribution in [3.63, 3.8) is 0 Å². The van der Waals surface area contributed by atoms with E-state index < -0.39 is 0 Å². The number of nitrogens with one attached hydrogen (secondary N) is 2. The summed E-state index contributed by atoms with van der Waals surface area (Å²) in [5.41, 5.74) is 0.850. The minimum absolute atomic E-state index is 0.138. The molecule has 3 heterocycles. The van der Waals surface area contributed by atoms with Crippen LogP contribution in [0.1, 0.15) is 11.6 Å². The van der Waals surface area contributed by atoms with Gasteiger partial charge in [0, 0.05) is 18.0 Å². The van der Waals surface area contributed by atoms with Crippen LogP contribution in [0.15, 0.2) is 47.3 Å². The molecule has 2 N–H and O–H groups in total. The predicted octanol–water partition coefficient (Wildman–Crippen LogP) is 1.32. The predicted molar refractivity (Wildman–Crippen MR) is 73.9 cm³/mol. The third-order valence-electron chi connectivity index (χ3n) is 2.84. The summed E-state index contributed by atoms with van der Waals surface area (Å²) < 4.78 is 5.14. The number of nitrogens with zero attached hydrogens (tertiary/aromatic N) is 3. The number of hydrogen-bond donors (Lipinski definition) is 2. The van der Waals surface area contributed by atoms with Crippen LogP contribution in [0.3, 0.4) is 0 Å². The second-order valence-corrected chi connectivity index (χ2v) is 4.37. The Morgan fingerprint density at radius 3 is 2.90 bits per heavy atom. The lowest BCUT2D eigenvalue weighted by Crippen LogP contribution is -2.24. The summed E-state index contributed by atoms with van der Waals surface area (Å²) in [4.78, 5) is 20.0. The molecule has 0 atom stereocenters. The lowest BCUT2D eigenvalue weighted by molar-refractivity contribution is -0.120. The lowest BCUT2D eigenvalue weighted by atomic mass is 10.2. The first-order chi connectivity index (χ1) is 10.3. The van der Waals surface area contributed by atoms with Crippen molar-refractivity contribution in [3.05, 3.63) is 54.5 Å². The number of aromatic amines is 1. The number of aromatic nitrogens is 4. The second kappa shape index (κ2) is 6.00. The maximum absolute atomic E-state index is 11.8. The molecule has 21 heavy (non-hydrogen) atoms. The Hall–Kier alpha value is -2.96. The molecule has 7 nitrogen and oxygen atoms in total. The molecule has 0 aliphatic rings. The highest BCUT2D eigenvalue weighted by molar-refractivity contribution is 5.77. The number of rotatable bonds is 5. The fourth-order valence-electron chi connectivity index (χ4n) is 1.82. The van der Waals surface area contributed by atoms with Gasteiger partial charge in [-0.1, -0.05) is 0 Å². The van der Waals surface area contributed by atoms with Crippen molar-refractivity contribution >= 4 is 5.91 Å². The number of furan rings is 1. The van der Waals surface area contributed by atoms with Crippen LogP contribution >= 0.6 is 0 Å². The largest absolute Gasteiger partial charge is 0.467 e. The number of pyridine rings is 1. The van der Waals surface area contributed by atoms with Crippen LogP contribution in [0.5, 0.6) is 0 Å². The minimum atomic E-state index is -0.149. The molecule has 106 valence electrons. The first-order valence-corrected chi connectivity index (χ1v) is 6.42. The molecular formula is C14H13N5O2. The van der Waals surface area contributed by atoms with Crippen molar-refractivity contribution in [2.24, 2.45) is 0 Å². The molecule has 7 heteroatoms. The van der Waals surface area contributed by atoms with Crippen LogP contribution in [0.4, 0.5) is 0 Å². The highest BCUT2D eigenvalue weighted by Crippen LogP contribution is 2.12. The van der Waals surface area contributed by atoms with Crippen LogP contribution in [-0.2, 0) is 17.8 Å². The average molecular weight is 283 g/mol. The van der Waals surface area contributed by atoms with E-state index in [1.807, 2.05) is 12.1 Å². The molecular weight excluding hydrogens is 270 g/mol. The van der Waals surface area contributed by atoms with Crippen LogP contribution in [0.25, 0.3) is 11.4 Å². The lowest BCUT2D eigenvalue weighted by Gasteiger charge is -2.00. The van der Waals surface area contributed by atoms with E-state index in [1.165, 1.54) is 0 Å². The molecule has 0 fully saturated rings. The van der Waals surface area contributed by atoms with Crippen molar-refractivity contribution in [2.75, 3.05) is 0 Å². The quantitative estimate of drug-likeness (QED) is 0.736. The number of carbonyl (C=O) groups excluding carboxylic acids is 1. The molecule has 3 rings (SSSR count).